The lowest BCUT2D eigenvalue weighted by Gasteiger charge is -2.32. The Labute approximate surface area is 80.7 Å². The molecule has 3 nitrogen and oxygen atoms in total. The molecule has 0 aromatic rings. The number of rotatable bonds is 4. The van der Waals surface area contributed by atoms with Crippen LogP contribution in [0.25, 0.3) is 0 Å². The molecule has 0 radical (unpaired) electrons. The Hall–Kier alpha value is -0.410. The van der Waals surface area contributed by atoms with E-state index in [9.17, 15) is 4.79 Å². The van der Waals surface area contributed by atoms with E-state index >= 15 is 0 Å². The number of carbonyl (C=O) groups is 1. The van der Waals surface area contributed by atoms with Crippen molar-refractivity contribution < 1.29 is 4.79 Å². The zero-order valence-electron chi connectivity index (χ0n) is 8.70. The van der Waals surface area contributed by atoms with Gasteiger partial charge in [0.15, 0.2) is 0 Å². The molecule has 0 aromatic carbocycles. The van der Waals surface area contributed by atoms with Crippen LogP contribution in [0.5, 0.6) is 0 Å². The van der Waals surface area contributed by atoms with Gasteiger partial charge in [-0.05, 0) is 38.9 Å². The fourth-order valence-electron chi connectivity index (χ4n) is 1.73. The summed E-state index contributed by atoms with van der Waals surface area (Å²) in [6, 6.07) is 0. The van der Waals surface area contributed by atoms with E-state index in [2.05, 4.69) is 16.7 Å². The highest BCUT2D eigenvalue weighted by Gasteiger charge is 2.16. The molecule has 1 aliphatic rings. The summed E-state index contributed by atoms with van der Waals surface area (Å²) >= 11 is 0. The first-order chi connectivity index (χ1) is 6.22. The van der Waals surface area contributed by atoms with Gasteiger partial charge in [0.1, 0.15) is 6.29 Å². The molecule has 13 heavy (non-hydrogen) atoms. The van der Waals surface area contributed by atoms with E-state index in [0.29, 0.717) is 6.54 Å². The minimum Gasteiger partial charge on any atom is -0.302 e. The van der Waals surface area contributed by atoms with Crippen molar-refractivity contribution in [1.82, 2.24) is 9.80 Å². The summed E-state index contributed by atoms with van der Waals surface area (Å²) in [6.45, 7) is 6.17. The molecule has 76 valence electrons. The van der Waals surface area contributed by atoms with E-state index < -0.39 is 0 Å². The molecule has 0 saturated carbocycles. The van der Waals surface area contributed by atoms with Crippen LogP contribution >= 0.6 is 0 Å². The molecule has 0 aromatic heterocycles. The second kappa shape index (κ2) is 5.35. The summed E-state index contributed by atoms with van der Waals surface area (Å²) in [5.74, 6) is 0.882. The zero-order valence-corrected chi connectivity index (χ0v) is 8.70. The maximum absolute atomic E-state index is 10.2. The van der Waals surface area contributed by atoms with E-state index in [1.165, 1.54) is 25.9 Å². The van der Waals surface area contributed by atoms with Gasteiger partial charge in [-0.2, -0.15) is 0 Å². The van der Waals surface area contributed by atoms with Crippen LogP contribution < -0.4 is 0 Å². The lowest BCUT2D eigenvalue weighted by molar-refractivity contribution is -0.109. The predicted molar refractivity (Wildman–Crippen MR) is 53.5 cm³/mol. The van der Waals surface area contributed by atoms with Gasteiger partial charge in [-0.25, -0.2) is 0 Å². The van der Waals surface area contributed by atoms with Crippen LogP contribution in [0.15, 0.2) is 0 Å². The summed E-state index contributed by atoms with van der Waals surface area (Å²) in [5.41, 5.74) is 0. The standard InChI is InChI=1S/C10H20N2O/c1-10-3-5-12(6-4-10)9-11(2)7-8-13/h8,10H,3-7,9H2,1-2H3. The van der Waals surface area contributed by atoms with Crippen molar-refractivity contribution in [3.8, 4) is 0 Å². The molecule has 0 unspecified atom stereocenters. The Kier molecular flexibility index (Phi) is 4.39. The van der Waals surface area contributed by atoms with Crippen LogP contribution in [0, 0.1) is 5.92 Å². The van der Waals surface area contributed by atoms with Crippen molar-refractivity contribution in [1.29, 1.82) is 0 Å². The van der Waals surface area contributed by atoms with Crippen LogP contribution in [0.1, 0.15) is 19.8 Å². The van der Waals surface area contributed by atoms with Gasteiger partial charge in [0.05, 0.1) is 13.2 Å². The Bertz CT molecular complexity index is 153. The van der Waals surface area contributed by atoms with E-state index in [1.807, 2.05) is 7.05 Å². The number of hydrogen-bond donors (Lipinski definition) is 0. The van der Waals surface area contributed by atoms with Crippen molar-refractivity contribution in [2.45, 2.75) is 19.8 Å². The summed E-state index contributed by atoms with van der Waals surface area (Å²) in [7, 11) is 1.99. The van der Waals surface area contributed by atoms with Crippen LogP contribution in [0.2, 0.25) is 0 Å². The molecular weight excluding hydrogens is 164 g/mol. The number of hydrogen-bond acceptors (Lipinski definition) is 3. The fourth-order valence-corrected chi connectivity index (χ4v) is 1.73. The monoisotopic (exact) mass is 184 g/mol. The number of aldehydes is 1. The van der Waals surface area contributed by atoms with Crippen molar-refractivity contribution in [3.63, 3.8) is 0 Å². The van der Waals surface area contributed by atoms with Gasteiger partial charge in [0.25, 0.3) is 0 Å². The van der Waals surface area contributed by atoms with Crippen LogP contribution in [0.3, 0.4) is 0 Å². The topological polar surface area (TPSA) is 23.6 Å². The SMILES string of the molecule is CC1CCN(CN(C)CC=O)CC1. The first kappa shape index (κ1) is 10.7. The van der Waals surface area contributed by atoms with Gasteiger partial charge in [-0.3, -0.25) is 9.80 Å². The van der Waals surface area contributed by atoms with Gasteiger partial charge in [-0.1, -0.05) is 6.92 Å². The van der Waals surface area contributed by atoms with Crippen molar-refractivity contribution >= 4 is 6.29 Å². The first-order valence-corrected chi connectivity index (χ1v) is 5.07. The van der Waals surface area contributed by atoms with E-state index in [4.69, 9.17) is 0 Å². The Morgan fingerprint density at radius 2 is 2.08 bits per heavy atom. The highest BCUT2D eigenvalue weighted by Crippen LogP contribution is 2.15. The Balaban J connectivity index is 2.18. The third kappa shape index (κ3) is 3.87. The van der Waals surface area contributed by atoms with Gasteiger partial charge in [0.2, 0.25) is 0 Å². The van der Waals surface area contributed by atoms with Crippen molar-refractivity contribution in [2.75, 3.05) is 33.4 Å². The zero-order chi connectivity index (χ0) is 9.68. The van der Waals surface area contributed by atoms with E-state index in [1.54, 1.807) is 0 Å². The molecule has 0 atom stereocenters. The second-order valence-corrected chi connectivity index (χ2v) is 4.15. The number of carbonyl (C=O) groups excluding carboxylic acids is 1. The number of likely N-dealkylation sites (N-methyl/N-ethyl adjacent to an activating group) is 1. The van der Waals surface area contributed by atoms with E-state index in [0.717, 1.165) is 18.9 Å². The third-order valence-electron chi connectivity index (χ3n) is 2.70. The third-order valence-corrected chi connectivity index (χ3v) is 2.70. The average molecular weight is 184 g/mol. The smallest absolute Gasteiger partial charge is 0.134 e. The number of nitrogens with zero attached hydrogens (tertiary/aromatic N) is 2. The molecule has 0 amide bonds. The van der Waals surface area contributed by atoms with E-state index in [-0.39, 0.29) is 0 Å². The molecule has 1 fully saturated rings. The minimum atomic E-state index is 0.548. The molecular formula is C10H20N2O. The summed E-state index contributed by atoms with van der Waals surface area (Å²) in [4.78, 5) is 14.7. The molecule has 1 rings (SSSR count). The highest BCUT2D eigenvalue weighted by molar-refractivity contribution is 5.51. The van der Waals surface area contributed by atoms with Crippen molar-refractivity contribution in [3.05, 3.63) is 0 Å². The van der Waals surface area contributed by atoms with Gasteiger partial charge in [0, 0.05) is 0 Å². The largest absolute Gasteiger partial charge is 0.302 e. The lowest BCUT2D eigenvalue weighted by Crippen LogP contribution is -2.41. The van der Waals surface area contributed by atoms with Crippen molar-refractivity contribution in [2.24, 2.45) is 5.92 Å². The predicted octanol–water partition coefficient (Wildman–Crippen LogP) is 0.806. The molecule has 1 heterocycles. The first-order valence-electron chi connectivity index (χ1n) is 5.07. The second-order valence-electron chi connectivity index (χ2n) is 4.15. The maximum atomic E-state index is 10.2. The number of likely N-dealkylation sites (tertiary alicyclic amines) is 1. The molecule has 3 heteroatoms. The molecule has 1 aliphatic heterocycles. The minimum absolute atomic E-state index is 0.548. The summed E-state index contributed by atoms with van der Waals surface area (Å²) in [6.07, 6.45) is 3.57. The normalized spacial score (nSPS) is 20.8. The molecule has 0 N–H and O–H groups in total. The van der Waals surface area contributed by atoms with Crippen LogP contribution in [-0.4, -0.2) is 49.4 Å². The van der Waals surface area contributed by atoms with Crippen LogP contribution in [0.4, 0.5) is 0 Å². The quantitative estimate of drug-likeness (QED) is 0.604. The van der Waals surface area contributed by atoms with Crippen LogP contribution in [-0.2, 0) is 4.79 Å². The fraction of sp³-hybridized carbons (Fsp3) is 0.900. The molecule has 0 spiro atoms. The Morgan fingerprint density at radius 3 is 2.62 bits per heavy atom. The number of piperidine rings is 1. The lowest BCUT2D eigenvalue weighted by atomic mass is 10.00. The van der Waals surface area contributed by atoms with Gasteiger partial charge >= 0.3 is 0 Å². The molecule has 0 aliphatic carbocycles. The maximum Gasteiger partial charge on any atom is 0.134 e. The van der Waals surface area contributed by atoms with Gasteiger partial charge < -0.3 is 4.79 Å². The summed E-state index contributed by atoms with van der Waals surface area (Å²) in [5, 5.41) is 0. The average Bonchev–Trinajstić information content (AvgIpc) is 2.09. The molecule has 0 bridgehead atoms. The van der Waals surface area contributed by atoms with Gasteiger partial charge in [-0.15, -0.1) is 0 Å². The summed E-state index contributed by atoms with van der Waals surface area (Å²) < 4.78 is 0. The molecule has 1 saturated heterocycles. The highest BCUT2D eigenvalue weighted by atomic mass is 16.1. The Morgan fingerprint density at radius 1 is 1.46 bits per heavy atom.